The van der Waals surface area contributed by atoms with Gasteiger partial charge < -0.3 is 19.5 Å². The molecule has 3 aromatic rings. The predicted octanol–water partition coefficient (Wildman–Crippen LogP) is 2.41. The van der Waals surface area contributed by atoms with Crippen LogP contribution >= 0.6 is 0 Å². The van der Waals surface area contributed by atoms with E-state index in [9.17, 15) is 14.0 Å². The number of carbonyl (C=O) groups excluding carboxylic acids is 2. The van der Waals surface area contributed by atoms with Crippen molar-refractivity contribution in [2.75, 3.05) is 65.6 Å². The van der Waals surface area contributed by atoms with Crippen LogP contribution in [0.3, 0.4) is 0 Å². The van der Waals surface area contributed by atoms with Gasteiger partial charge in [-0.2, -0.15) is 0 Å². The smallest absolute Gasteiger partial charge is 0.295 e. The number of hydrogen-bond acceptors (Lipinski definition) is 5. The van der Waals surface area contributed by atoms with Crippen LogP contribution < -0.4 is 0 Å². The minimum absolute atomic E-state index is 0.0742. The summed E-state index contributed by atoms with van der Waals surface area (Å²) in [4.78, 5) is 39.9. The summed E-state index contributed by atoms with van der Waals surface area (Å²) in [6.45, 7) is 6.82. The fraction of sp³-hybridized carbons (Fsp3) is 0.370. The van der Waals surface area contributed by atoms with Crippen LogP contribution in [0.2, 0.25) is 0 Å². The quantitative estimate of drug-likeness (QED) is 0.248. The highest BCUT2D eigenvalue weighted by molar-refractivity contribution is 6.44. The van der Waals surface area contributed by atoms with Crippen LogP contribution in [-0.2, 0) is 9.53 Å². The van der Waals surface area contributed by atoms with E-state index in [4.69, 9.17) is 9.73 Å². The van der Waals surface area contributed by atoms with Crippen molar-refractivity contribution < 1.29 is 18.7 Å². The van der Waals surface area contributed by atoms with E-state index in [0.717, 1.165) is 44.2 Å². The normalized spacial score (nSPS) is 17.5. The fourth-order valence-corrected chi connectivity index (χ4v) is 4.78. The van der Waals surface area contributed by atoms with Crippen LogP contribution in [0.1, 0.15) is 15.9 Å². The number of aromatic nitrogens is 1. The Balaban J connectivity index is 1.25. The van der Waals surface area contributed by atoms with Gasteiger partial charge in [-0.05, 0) is 12.1 Å². The van der Waals surface area contributed by atoms with E-state index in [0.29, 0.717) is 38.2 Å². The predicted molar refractivity (Wildman–Crippen MR) is 136 cm³/mol. The molecule has 0 unspecified atom stereocenters. The number of amidine groups is 1. The zero-order valence-corrected chi connectivity index (χ0v) is 20.2. The maximum atomic E-state index is 14.3. The van der Waals surface area contributed by atoms with E-state index in [1.807, 2.05) is 30.3 Å². The monoisotopic (exact) mass is 491 g/mol. The van der Waals surface area contributed by atoms with Gasteiger partial charge >= 0.3 is 0 Å². The van der Waals surface area contributed by atoms with Crippen molar-refractivity contribution in [3.8, 4) is 0 Å². The molecule has 5 rings (SSSR count). The molecule has 0 saturated carbocycles. The molecule has 1 aromatic heterocycles. The lowest BCUT2D eigenvalue weighted by Gasteiger charge is -2.36. The molecule has 2 saturated heterocycles. The number of piperazine rings is 1. The van der Waals surface area contributed by atoms with E-state index < -0.39 is 17.5 Å². The van der Waals surface area contributed by atoms with E-state index in [-0.39, 0.29) is 10.9 Å². The maximum absolute atomic E-state index is 14.3. The van der Waals surface area contributed by atoms with Crippen molar-refractivity contribution in [2.45, 2.75) is 0 Å². The second-order valence-corrected chi connectivity index (χ2v) is 9.00. The molecule has 188 valence electrons. The standard InChI is InChI=1S/C27H30FN5O3/c28-22-7-4-8-23-24(22)21(19-30-23)25(34)27(35)33-13-11-32(12-14-33)26(20-5-2-1-3-6-20)29-9-10-31-15-17-36-18-16-31/h1-8,19,30H,9-18H2/b29-26+. The Kier molecular flexibility index (Phi) is 7.39. The van der Waals surface area contributed by atoms with Gasteiger partial charge in [-0.3, -0.25) is 19.5 Å². The summed E-state index contributed by atoms with van der Waals surface area (Å²) in [7, 11) is 0. The summed E-state index contributed by atoms with van der Waals surface area (Å²) in [5.41, 5.74) is 1.60. The lowest BCUT2D eigenvalue weighted by molar-refractivity contribution is -0.127. The number of nitrogens with one attached hydrogen (secondary N) is 1. The first kappa shape index (κ1) is 24.1. The number of H-pyrrole nitrogens is 1. The lowest BCUT2D eigenvalue weighted by atomic mass is 10.1. The Hall–Kier alpha value is -3.56. The van der Waals surface area contributed by atoms with E-state index in [2.05, 4.69) is 14.8 Å². The highest BCUT2D eigenvalue weighted by Crippen LogP contribution is 2.23. The molecule has 9 heteroatoms. The summed E-state index contributed by atoms with van der Waals surface area (Å²) < 4.78 is 19.8. The van der Waals surface area contributed by atoms with E-state index >= 15 is 0 Å². The minimum atomic E-state index is -0.692. The van der Waals surface area contributed by atoms with E-state index in [1.54, 1.807) is 17.0 Å². The van der Waals surface area contributed by atoms with Gasteiger partial charge in [0.05, 0.1) is 25.3 Å². The third kappa shape index (κ3) is 5.17. The first-order chi connectivity index (χ1) is 17.6. The Morgan fingerprint density at radius 3 is 2.39 bits per heavy atom. The number of rotatable bonds is 6. The van der Waals surface area contributed by atoms with Gasteiger partial charge in [-0.25, -0.2) is 4.39 Å². The first-order valence-corrected chi connectivity index (χ1v) is 12.4. The van der Waals surface area contributed by atoms with Crippen molar-refractivity contribution in [3.63, 3.8) is 0 Å². The second-order valence-electron chi connectivity index (χ2n) is 9.00. The summed E-state index contributed by atoms with van der Waals surface area (Å²) >= 11 is 0. The number of hydrogen-bond donors (Lipinski definition) is 1. The van der Waals surface area contributed by atoms with Crippen molar-refractivity contribution in [3.05, 3.63) is 71.7 Å². The Morgan fingerprint density at radius 1 is 0.917 bits per heavy atom. The van der Waals surface area contributed by atoms with Gasteiger partial charge in [0.2, 0.25) is 0 Å². The largest absolute Gasteiger partial charge is 0.379 e. The molecule has 1 amide bonds. The molecule has 3 heterocycles. The number of fused-ring (bicyclic) bond motifs is 1. The average molecular weight is 492 g/mol. The van der Waals surface area contributed by atoms with Gasteiger partial charge in [-0.1, -0.05) is 36.4 Å². The molecule has 2 aliphatic rings. The van der Waals surface area contributed by atoms with Crippen LogP contribution in [0.4, 0.5) is 4.39 Å². The molecular formula is C27H30FN5O3. The number of carbonyl (C=O) groups is 2. The number of ketones is 1. The fourth-order valence-electron chi connectivity index (χ4n) is 4.78. The van der Waals surface area contributed by atoms with Crippen molar-refractivity contribution >= 4 is 28.4 Å². The van der Waals surface area contributed by atoms with E-state index in [1.165, 1.54) is 12.3 Å². The first-order valence-electron chi connectivity index (χ1n) is 12.4. The highest BCUT2D eigenvalue weighted by Gasteiger charge is 2.30. The molecule has 2 aromatic carbocycles. The molecule has 1 N–H and O–H groups in total. The van der Waals surface area contributed by atoms with Crippen LogP contribution in [0.5, 0.6) is 0 Å². The molecule has 2 fully saturated rings. The summed E-state index contributed by atoms with van der Waals surface area (Å²) in [6.07, 6.45) is 1.42. The van der Waals surface area contributed by atoms with Gasteiger partial charge in [-0.15, -0.1) is 0 Å². The molecule has 8 nitrogen and oxygen atoms in total. The second kappa shape index (κ2) is 11.0. The average Bonchev–Trinajstić information content (AvgIpc) is 3.37. The van der Waals surface area contributed by atoms with Crippen molar-refractivity contribution in [2.24, 2.45) is 4.99 Å². The number of morpholine rings is 1. The number of benzene rings is 2. The van der Waals surface area contributed by atoms with Gasteiger partial charge in [0, 0.05) is 68.5 Å². The van der Waals surface area contributed by atoms with Crippen LogP contribution in [-0.4, -0.2) is 103 Å². The van der Waals surface area contributed by atoms with Gasteiger partial charge in [0.1, 0.15) is 11.7 Å². The summed E-state index contributed by atoms with van der Waals surface area (Å²) in [5.74, 6) is -0.914. The topological polar surface area (TPSA) is 81.2 Å². The third-order valence-corrected chi connectivity index (χ3v) is 6.77. The zero-order chi connectivity index (χ0) is 24.9. The maximum Gasteiger partial charge on any atom is 0.295 e. The third-order valence-electron chi connectivity index (χ3n) is 6.77. The zero-order valence-electron chi connectivity index (χ0n) is 20.2. The Morgan fingerprint density at radius 2 is 1.64 bits per heavy atom. The van der Waals surface area contributed by atoms with Crippen LogP contribution in [0.15, 0.2) is 59.7 Å². The molecule has 0 bridgehead atoms. The molecular weight excluding hydrogens is 461 g/mol. The lowest BCUT2D eigenvalue weighted by Crippen LogP contribution is -2.52. The molecule has 0 aliphatic carbocycles. The molecule has 0 atom stereocenters. The number of aliphatic imine (C=N–C) groups is 1. The number of amides is 1. The van der Waals surface area contributed by atoms with Crippen molar-refractivity contribution in [1.29, 1.82) is 0 Å². The number of halogens is 1. The minimum Gasteiger partial charge on any atom is -0.379 e. The molecule has 36 heavy (non-hydrogen) atoms. The van der Waals surface area contributed by atoms with Crippen LogP contribution in [0, 0.1) is 5.82 Å². The number of nitrogens with zero attached hydrogens (tertiary/aromatic N) is 4. The highest BCUT2D eigenvalue weighted by atomic mass is 19.1. The van der Waals surface area contributed by atoms with Gasteiger partial charge in [0.15, 0.2) is 0 Å². The van der Waals surface area contributed by atoms with Gasteiger partial charge in [0.25, 0.3) is 11.7 Å². The number of aromatic amines is 1. The molecule has 2 aliphatic heterocycles. The Bertz CT molecular complexity index is 1240. The number of Topliss-reactive ketones (excluding diaryl/α,β-unsaturated/α-hetero) is 1. The van der Waals surface area contributed by atoms with Crippen LogP contribution in [0.25, 0.3) is 10.9 Å². The SMILES string of the molecule is O=C(C(=O)N1CCN(/C(=N/CCN2CCOCC2)c2ccccc2)CC1)c1c[nH]c2cccc(F)c12. The number of ether oxygens (including phenoxy) is 1. The van der Waals surface area contributed by atoms with Crippen molar-refractivity contribution in [1.82, 2.24) is 19.7 Å². The Labute approximate surface area is 209 Å². The molecule has 0 spiro atoms. The molecule has 0 radical (unpaired) electrons. The summed E-state index contributed by atoms with van der Waals surface area (Å²) in [6, 6.07) is 14.6. The summed E-state index contributed by atoms with van der Waals surface area (Å²) in [5, 5.41) is 0.160.